The molecular weight excluding hydrogens is 274 g/mol. The van der Waals surface area contributed by atoms with Crippen molar-refractivity contribution in [1.29, 1.82) is 0 Å². The van der Waals surface area contributed by atoms with Crippen molar-refractivity contribution in [3.05, 3.63) is 51.3 Å². The van der Waals surface area contributed by atoms with Gasteiger partial charge in [-0.2, -0.15) is 5.10 Å². The molecule has 1 aromatic carbocycles. The lowest BCUT2D eigenvalue weighted by atomic mass is 10.2. The number of hydrogen-bond acceptors (Lipinski definition) is 6. The van der Waals surface area contributed by atoms with Crippen molar-refractivity contribution in [2.75, 3.05) is 5.32 Å². The van der Waals surface area contributed by atoms with Crippen molar-refractivity contribution in [2.45, 2.75) is 0 Å². The minimum absolute atomic E-state index is 0.0185. The van der Waals surface area contributed by atoms with Crippen LogP contribution in [0.3, 0.4) is 0 Å². The highest BCUT2D eigenvalue weighted by Crippen LogP contribution is 2.27. The highest BCUT2D eigenvalue weighted by molar-refractivity contribution is 6.36. The second-order valence-electron chi connectivity index (χ2n) is 3.32. The summed E-state index contributed by atoms with van der Waals surface area (Å²) in [5.41, 5.74) is -0.384. The third-order valence-corrected chi connectivity index (χ3v) is 2.52. The van der Waals surface area contributed by atoms with E-state index < -0.39 is 10.8 Å². The van der Waals surface area contributed by atoms with Crippen LogP contribution in [0.4, 0.5) is 11.6 Å². The normalized spacial score (nSPS) is 9.95. The Labute approximate surface area is 111 Å². The molecule has 1 N–H and O–H groups in total. The summed E-state index contributed by atoms with van der Waals surface area (Å²) >= 11 is 5.81. The van der Waals surface area contributed by atoms with Gasteiger partial charge in [0.15, 0.2) is 0 Å². The number of carbonyl (C=O) groups excluding carboxylic acids is 1. The lowest BCUT2D eigenvalue weighted by Gasteiger charge is -2.04. The Hall–Kier alpha value is -2.61. The van der Waals surface area contributed by atoms with Gasteiger partial charge < -0.3 is 0 Å². The summed E-state index contributed by atoms with van der Waals surface area (Å²) in [6.45, 7) is 0. The maximum atomic E-state index is 11.9. The minimum Gasteiger partial charge on any atom is -0.289 e. The van der Waals surface area contributed by atoms with Crippen molar-refractivity contribution in [3.63, 3.8) is 0 Å². The Balaban J connectivity index is 2.30. The van der Waals surface area contributed by atoms with Gasteiger partial charge in [-0.15, -0.1) is 5.10 Å². The SMILES string of the molecule is O=C(Nc1nccnn1)c1cccc([N+](=O)[O-])c1Cl. The van der Waals surface area contributed by atoms with E-state index in [1.54, 1.807) is 0 Å². The van der Waals surface area contributed by atoms with E-state index in [0.29, 0.717) is 0 Å². The Morgan fingerprint density at radius 2 is 2.16 bits per heavy atom. The number of nitrogens with one attached hydrogen (secondary N) is 1. The fraction of sp³-hybridized carbons (Fsp3) is 0. The molecule has 0 bridgehead atoms. The molecule has 0 aliphatic heterocycles. The summed E-state index contributed by atoms with van der Waals surface area (Å²) in [5, 5.41) is 19.9. The van der Waals surface area contributed by atoms with E-state index >= 15 is 0 Å². The number of hydrogen-bond donors (Lipinski definition) is 1. The predicted octanol–water partition coefficient (Wildman–Crippen LogP) is 1.69. The molecule has 0 saturated carbocycles. The number of aromatic nitrogens is 3. The van der Waals surface area contributed by atoms with Crippen molar-refractivity contribution < 1.29 is 9.72 Å². The van der Waals surface area contributed by atoms with Crippen LogP contribution in [0, 0.1) is 10.1 Å². The molecule has 1 amide bonds. The van der Waals surface area contributed by atoms with E-state index in [4.69, 9.17) is 11.6 Å². The summed E-state index contributed by atoms with van der Waals surface area (Å²) in [7, 11) is 0. The number of nitro groups is 1. The van der Waals surface area contributed by atoms with Gasteiger partial charge in [0, 0.05) is 6.07 Å². The Kier molecular flexibility index (Phi) is 3.62. The van der Waals surface area contributed by atoms with Gasteiger partial charge >= 0.3 is 0 Å². The summed E-state index contributed by atoms with van der Waals surface area (Å²) in [6, 6.07) is 3.93. The van der Waals surface area contributed by atoms with Crippen molar-refractivity contribution >= 4 is 29.1 Å². The molecule has 0 atom stereocenters. The molecule has 8 nitrogen and oxygen atoms in total. The first kappa shape index (κ1) is 12.8. The molecule has 0 spiro atoms. The van der Waals surface area contributed by atoms with Crippen LogP contribution in [-0.4, -0.2) is 26.0 Å². The van der Waals surface area contributed by atoms with E-state index in [2.05, 4.69) is 20.5 Å². The Bertz CT molecular complexity index is 634. The topological polar surface area (TPSA) is 111 Å². The average molecular weight is 280 g/mol. The number of rotatable bonds is 3. The maximum Gasteiger partial charge on any atom is 0.288 e. The molecule has 96 valence electrons. The van der Waals surface area contributed by atoms with E-state index in [9.17, 15) is 14.9 Å². The molecule has 0 aliphatic carbocycles. The van der Waals surface area contributed by atoms with E-state index in [0.717, 1.165) is 0 Å². The average Bonchev–Trinajstić information content (AvgIpc) is 2.39. The van der Waals surface area contributed by atoms with Crippen LogP contribution >= 0.6 is 11.6 Å². The molecular formula is C10H6ClN5O3. The highest BCUT2D eigenvalue weighted by atomic mass is 35.5. The monoisotopic (exact) mass is 279 g/mol. The zero-order valence-electron chi connectivity index (χ0n) is 9.28. The van der Waals surface area contributed by atoms with E-state index in [-0.39, 0.29) is 22.2 Å². The summed E-state index contributed by atoms with van der Waals surface area (Å²) in [4.78, 5) is 25.7. The molecule has 1 aromatic heterocycles. The number of amides is 1. The lowest BCUT2D eigenvalue weighted by molar-refractivity contribution is -0.384. The second kappa shape index (κ2) is 5.36. The third-order valence-electron chi connectivity index (χ3n) is 2.13. The second-order valence-corrected chi connectivity index (χ2v) is 3.69. The van der Waals surface area contributed by atoms with Crippen LogP contribution in [0.2, 0.25) is 5.02 Å². The quantitative estimate of drug-likeness (QED) is 0.676. The van der Waals surface area contributed by atoms with Gasteiger partial charge in [-0.1, -0.05) is 17.7 Å². The number of halogens is 1. The first-order chi connectivity index (χ1) is 9.09. The first-order valence-electron chi connectivity index (χ1n) is 4.97. The molecule has 2 rings (SSSR count). The fourth-order valence-corrected chi connectivity index (χ4v) is 1.59. The van der Waals surface area contributed by atoms with Crippen LogP contribution in [0.25, 0.3) is 0 Å². The van der Waals surface area contributed by atoms with Crippen LogP contribution < -0.4 is 5.32 Å². The van der Waals surface area contributed by atoms with Crippen LogP contribution in [0.5, 0.6) is 0 Å². The molecule has 1 heterocycles. The van der Waals surface area contributed by atoms with Gasteiger partial charge in [-0.25, -0.2) is 4.98 Å². The maximum absolute atomic E-state index is 11.9. The molecule has 0 aliphatic rings. The van der Waals surface area contributed by atoms with Crippen molar-refractivity contribution in [2.24, 2.45) is 0 Å². The van der Waals surface area contributed by atoms with Gasteiger partial charge in [-0.3, -0.25) is 20.2 Å². The van der Waals surface area contributed by atoms with Crippen LogP contribution in [0.1, 0.15) is 10.4 Å². The summed E-state index contributed by atoms with van der Waals surface area (Å²) in [6.07, 6.45) is 2.69. The van der Waals surface area contributed by atoms with Gasteiger partial charge in [0.05, 0.1) is 22.9 Å². The lowest BCUT2D eigenvalue weighted by Crippen LogP contribution is -2.15. The third kappa shape index (κ3) is 2.80. The number of benzene rings is 1. The van der Waals surface area contributed by atoms with Gasteiger partial charge in [0.1, 0.15) is 5.02 Å². The Morgan fingerprint density at radius 3 is 2.79 bits per heavy atom. The molecule has 0 radical (unpaired) electrons. The fourth-order valence-electron chi connectivity index (χ4n) is 1.31. The number of nitrogens with zero attached hydrogens (tertiary/aromatic N) is 4. The van der Waals surface area contributed by atoms with E-state index in [1.165, 1.54) is 30.6 Å². The predicted molar refractivity (Wildman–Crippen MR) is 65.9 cm³/mol. The zero-order chi connectivity index (χ0) is 13.8. The Morgan fingerprint density at radius 1 is 1.37 bits per heavy atom. The minimum atomic E-state index is -0.667. The highest BCUT2D eigenvalue weighted by Gasteiger charge is 2.20. The molecule has 0 unspecified atom stereocenters. The van der Waals surface area contributed by atoms with Crippen LogP contribution in [0.15, 0.2) is 30.6 Å². The first-order valence-corrected chi connectivity index (χ1v) is 5.35. The number of nitro benzene ring substituents is 1. The molecule has 0 saturated heterocycles. The number of carbonyl (C=O) groups is 1. The molecule has 2 aromatic rings. The number of anilines is 1. The summed E-state index contributed by atoms with van der Waals surface area (Å²) < 4.78 is 0. The summed E-state index contributed by atoms with van der Waals surface area (Å²) in [5.74, 6) is -0.670. The standard InChI is InChI=1S/C10H6ClN5O3/c11-8-6(2-1-3-7(8)16(18)19)9(17)14-10-12-4-5-13-15-10/h1-5H,(H,12,14,15,17). The van der Waals surface area contributed by atoms with E-state index in [1.807, 2.05) is 0 Å². The molecule has 9 heteroatoms. The van der Waals surface area contributed by atoms with Crippen molar-refractivity contribution in [1.82, 2.24) is 15.2 Å². The van der Waals surface area contributed by atoms with Gasteiger partial charge in [0.25, 0.3) is 11.6 Å². The molecule has 19 heavy (non-hydrogen) atoms. The van der Waals surface area contributed by atoms with Crippen molar-refractivity contribution in [3.8, 4) is 0 Å². The smallest absolute Gasteiger partial charge is 0.288 e. The van der Waals surface area contributed by atoms with Crippen LogP contribution in [-0.2, 0) is 0 Å². The largest absolute Gasteiger partial charge is 0.289 e. The van der Waals surface area contributed by atoms with Gasteiger partial charge in [-0.05, 0) is 6.07 Å². The zero-order valence-corrected chi connectivity index (χ0v) is 10.0. The van der Waals surface area contributed by atoms with Gasteiger partial charge in [0.2, 0.25) is 5.95 Å². The molecule has 0 fully saturated rings.